The molecule has 0 aliphatic rings. The van der Waals surface area contributed by atoms with Gasteiger partial charge in [-0.1, -0.05) is 18.2 Å². The van der Waals surface area contributed by atoms with E-state index in [2.05, 4.69) is 31.2 Å². The molecule has 100 valence electrons. The quantitative estimate of drug-likeness (QED) is 0.932. The first-order valence-electron chi connectivity index (χ1n) is 6.12. The Morgan fingerprint density at radius 1 is 1.26 bits per heavy atom. The van der Waals surface area contributed by atoms with Crippen LogP contribution in [0.4, 0.5) is 10.2 Å². The number of aromatic nitrogens is 2. The molecule has 1 N–H and O–H groups in total. The van der Waals surface area contributed by atoms with Crippen LogP contribution in [0.15, 0.2) is 28.7 Å². The molecular weight excluding hydrogens is 309 g/mol. The Bertz CT molecular complexity index is 587. The third-order valence-corrected chi connectivity index (χ3v) is 3.66. The summed E-state index contributed by atoms with van der Waals surface area (Å²) in [6.45, 7) is 4.67. The van der Waals surface area contributed by atoms with E-state index in [4.69, 9.17) is 0 Å². The Kier molecular flexibility index (Phi) is 4.47. The number of rotatable bonds is 4. The number of benzene rings is 1. The lowest BCUT2D eigenvalue weighted by molar-refractivity contribution is 0.612. The van der Waals surface area contributed by atoms with E-state index in [9.17, 15) is 4.39 Å². The van der Waals surface area contributed by atoms with E-state index in [1.807, 2.05) is 19.9 Å². The van der Waals surface area contributed by atoms with Gasteiger partial charge >= 0.3 is 0 Å². The topological polar surface area (TPSA) is 37.8 Å². The van der Waals surface area contributed by atoms with E-state index < -0.39 is 0 Å². The third-order valence-electron chi connectivity index (χ3n) is 2.71. The lowest BCUT2D eigenvalue weighted by atomic mass is 10.1. The molecule has 0 unspecified atom stereocenters. The number of hydrogen-bond acceptors (Lipinski definition) is 3. The zero-order chi connectivity index (χ0) is 13.8. The highest BCUT2D eigenvalue weighted by molar-refractivity contribution is 9.10. The van der Waals surface area contributed by atoms with Crippen LogP contribution in [0.1, 0.15) is 24.0 Å². The summed E-state index contributed by atoms with van der Waals surface area (Å²) >= 11 is 3.45. The van der Waals surface area contributed by atoms with Crippen LogP contribution >= 0.6 is 15.9 Å². The maximum absolute atomic E-state index is 13.6. The highest BCUT2D eigenvalue weighted by atomic mass is 79.9. The summed E-state index contributed by atoms with van der Waals surface area (Å²) in [7, 11) is 0. The van der Waals surface area contributed by atoms with Crippen molar-refractivity contribution in [2.24, 2.45) is 0 Å². The van der Waals surface area contributed by atoms with Crippen molar-refractivity contribution in [3.63, 3.8) is 0 Å². The van der Waals surface area contributed by atoms with E-state index in [0.717, 1.165) is 22.5 Å². The van der Waals surface area contributed by atoms with Crippen molar-refractivity contribution >= 4 is 21.7 Å². The van der Waals surface area contributed by atoms with Gasteiger partial charge in [0.2, 0.25) is 0 Å². The third kappa shape index (κ3) is 3.29. The highest BCUT2D eigenvalue weighted by Crippen LogP contribution is 2.23. The maximum Gasteiger partial charge on any atom is 0.144 e. The molecule has 0 bridgehead atoms. The number of nitrogens with zero attached hydrogens (tertiary/aromatic N) is 2. The van der Waals surface area contributed by atoms with Crippen molar-refractivity contribution in [2.45, 2.75) is 20.3 Å². The van der Waals surface area contributed by atoms with E-state index in [-0.39, 0.29) is 5.82 Å². The molecule has 2 aromatic rings. The van der Waals surface area contributed by atoms with Gasteiger partial charge in [0, 0.05) is 13.0 Å². The fraction of sp³-hybridized carbons (Fsp3) is 0.286. The number of anilines is 1. The van der Waals surface area contributed by atoms with Gasteiger partial charge in [-0.15, -0.1) is 0 Å². The van der Waals surface area contributed by atoms with Gasteiger partial charge in [0.25, 0.3) is 0 Å². The van der Waals surface area contributed by atoms with Gasteiger partial charge in [0.05, 0.1) is 10.2 Å². The van der Waals surface area contributed by atoms with Gasteiger partial charge in [0.1, 0.15) is 17.5 Å². The van der Waals surface area contributed by atoms with Crippen LogP contribution in [0.5, 0.6) is 0 Å². The van der Waals surface area contributed by atoms with Gasteiger partial charge < -0.3 is 5.32 Å². The molecule has 3 nitrogen and oxygen atoms in total. The monoisotopic (exact) mass is 323 g/mol. The number of hydrogen-bond donors (Lipinski definition) is 1. The molecule has 5 heteroatoms. The van der Waals surface area contributed by atoms with Crippen molar-refractivity contribution < 1.29 is 4.39 Å². The van der Waals surface area contributed by atoms with Crippen molar-refractivity contribution in [2.75, 3.05) is 11.9 Å². The zero-order valence-corrected chi connectivity index (χ0v) is 12.5. The predicted octanol–water partition coefficient (Wildman–Crippen LogP) is 3.71. The maximum atomic E-state index is 13.6. The number of halogens is 2. The van der Waals surface area contributed by atoms with Crippen molar-refractivity contribution in [1.29, 1.82) is 0 Å². The molecule has 0 saturated heterocycles. The van der Waals surface area contributed by atoms with Gasteiger partial charge in [-0.2, -0.15) is 0 Å². The summed E-state index contributed by atoms with van der Waals surface area (Å²) in [6.07, 6.45) is 0.388. The van der Waals surface area contributed by atoms with E-state index in [0.29, 0.717) is 17.8 Å². The normalized spacial score (nSPS) is 10.5. The summed E-state index contributed by atoms with van der Waals surface area (Å²) < 4.78 is 14.5. The smallest absolute Gasteiger partial charge is 0.144 e. The van der Waals surface area contributed by atoms with Crippen LogP contribution in [0.25, 0.3) is 0 Å². The second-order valence-corrected chi connectivity index (χ2v) is 4.98. The van der Waals surface area contributed by atoms with Crippen molar-refractivity contribution in [3.05, 3.63) is 51.6 Å². The minimum absolute atomic E-state index is 0.225. The minimum atomic E-state index is -0.225. The van der Waals surface area contributed by atoms with Crippen LogP contribution < -0.4 is 5.32 Å². The summed E-state index contributed by atoms with van der Waals surface area (Å²) in [5.41, 5.74) is 1.45. The Morgan fingerprint density at radius 3 is 2.68 bits per heavy atom. The number of aryl methyl sites for hydroxylation is 1. The van der Waals surface area contributed by atoms with Gasteiger partial charge in [-0.3, -0.25) is 0 Å². The molecule has 1 heterocycles. The Hall–Kier alpha value is -1.49. The molecule has 0 saturated carbocycles. The summed E-state index contributed by atoms with van der Waals surface area (Å²) in [5.74, 6) is 1.14. The predicted molar refractivity (Wildman–Crippen MR) is 77.8 cm³/mol. The zero-order valence-electron chi connectivity index (χ0n) is 10.9. The molecule has 0 aliphatic heterocycles. The number of nitrogens with one attached hydrogen (secondary N) is 1. The Morgan fingerprint density at radius 2 is 2.00 bits per heavy atom. The van der Waals surface area contributed by atoms with Gasteiger partial charge in [-0.05, 0) is 41.4 Å². The first kappa shape index (κ1) is 13.9. The largest absolute Gasteiger partial charge is 0.369 e. The minimum Gasteiger partial charge on any atom is -0.369 e. The standard InChI is InChI=1S/C14H15BrFN3/c1-3-17-14-13(15)9(2)18-12(19-14)8-10-6-4-5-7-11(10)16/h4-7H,3,8H2,1-2H3,(H,17,18,19). The molecule has 0 amide bonds. The van der Waals surface area contributed by atoms with E-state index in [1.165, 1.54) is 6.07 Å². The lowest BCUT2D eigenvalue weighted by Crippen LogP contribution is -2.07. The molecule has 0 spiro atoms. The summed E-state index contributed by atoms with van der Waals surface area (Å²) in [5, 5.41) is 3.17. The molecular formula is C14H15BrFN3. The van der Waals surface area contributed by atoms with Gasteiger partial charge in [-0.25, -0.2) is 14.4 Å². The van der Waals surface area contributed by atoms with Gasteiger partial charge in [0.15, 0.2) is 0 Å². The average molecular weight is 324 g/mol. The lowest BCUT2D eigenvalue weighted by Gasteiger charge is -2.10. The van der Waals surface area contributed by atoms with Crippen molar-refractivity contribution in [3.8, 4) is 0 Å². The molecule has 1 aromatic heterocycles. The van der Waals surface area contributed by atoms with Crippen molar-refractivity contribution in [1.82, 2.24) is 9.97 Å². The molecule has 0 atom stereocenters. The second kappa shape index (κ2) is 6.10. The van der Waals surface area contributed by atoms with Crippen LogP contribution in [0.3, 0.4) is 0 Å². The molecule has 2 rings (SSSR count). The fourth-order valence-corrected chi connectivity index (χ4v) is 2.11. The Labute approximate surface area is 120 Å². The van der Waals surface area contributed by atoms with Crippen LogP contribution in [0, 0.1) is 12.7 Å². The molecule has 0 radical (unpaired) electrons. The first-order valence-corrected chi connectivity index (χ1v) is 6.91. The van der Waals surface area contributed by atoms with Crippen LogP contribution in [-0.2, 0) is 6.42 Å². The SMILES string of the molecule is CCNc1nc(Cc2ccccc2F)nc(C)c1Br. The first-order chi connectivity index (χ1) is 9.11. The van der Waals surface area contributed by atoms with Crippen LogP contribution in [0.2, 0.25) is 0 Å². The molecule has 1 aromatic carbocycles. The van der Waals surface area contributed by atoms with E-state index in [1.54, 1.807) is 12.1 Å². The fourth-order valence-electron chi connectivity index (χ4n) is 1.79. The van der Waals surface area contributed by atoms with Crippen LogP contribution in [-0.4, -0.2) is 16.5 Å². The van der Waals surface area contributed by atoms with E-state index >= 15 is 0 Å². The summed E-state index contributed by atoms with van der Waals surface area (Å²) in [4.78, 5) is 8.81. The highest BCUT2D eigenvalue weighted by Gasteiger charge is 2.10. The Balaban J connectivity index is 2.33. The molecule has 19 heavy (non-hydrogen) atoms. The average Bonchev–Trinajstić information content (AvgIpc) is 2.38. The molecule has 0 aliphatic carbocycles. The second-order valence-electron chi connectivity index (χ2n) is 4.19. The summed E-state index contributed by atoms with van der Waals surface area (Å²) in [6, 6.07) is 6.70. The molecule has 0 fully saturated rings.